The van der Waals surface area contributed by atoms with E-state index in [9.17, 15) is 8.78 Å². The second kappa shape index (κ2) is 5.20. The predicted molar refractivity (Wildman–Crippen MR) is 50.5 cm³/mol. The van der Waals surface area contributed by atoms with Crippen LogP contribution in [0.5, 0.6) is 0 Å². The van der Waals surface area contributed by atoms with Gasteiger partial charge in [-0.3, -0.25) is 0 Å². The molecular weight excluding hydrogens is 202 g/mol. The molecule has 0 aliphatic heterocycles. The van der Waals surface area contributed by atoms with E-state index in [0.29, 0.717) is 18.8 Å². The monoisotopic (exact) mass is 212 g/mol. The van der Waals surface area contributed by atoms with Gasteiger partial charge in [-0.25, -0.2) is 18.7 Å². The van der Waals surface area contributed by atoms with Crippen LogP contribution in [0.2, 0.25) is 0 Å². The summed E-state index contributed by atoms with van der Waals surface area (Å²) in [5.41, 5.74) is -0.302. The Bertz CT molecular complexity index is 361. The molecule has 4 nitrogen and oxygen atoms in total. The SMILES string of the molecule is CN(CCC#N)c1cc(C(F)F)ncn1. The van der Waals surface area contributed by atoms with Crippen LogP contribution >= 0.6 is 0 Å². The first-order valence-corrected chi connectivity index (χ1v) is 4.33. The zero-order chi connectivity index (χ0) is 11.3. The van der Waals surface area contributed by atoms with E-state index in [-0.39, 0.29) is 5.69 Å². The Morgan fingerprint density at radius 1 is 1.53 bits per heavy atom. The molecular formula is C9H10F2N4. The Labute approximate surface area is 86.2 Å². The van der Waals surface area contributed by atoms with Crippen LogP contribution in [0.15, 0.2) is 12.4 Å². The average molecular weight is 212 g/mol. The first-order chi connectivity index (χ1) is 7.15. The summed E-state index contributed by atoms with van der Waals surface area (Å²) in [7, 11) is 1.69. The number of hydrogen-bond acceptors (Lipinski definition) is 4. The molecule has 0 aliphatic rings. The number of halogens is 2. The smallest absolute Gasteiger partial charge is 0.280 e. The maximum absolute atomic E-state index is 12.3. The van der Waals surface area contributed by atoms with Crippen molar-refractivity contribution in [2.24, 2.45) is 0 Å². The summed E-state index contributed by atoms with van der Waals surface area (Å²) in [6, 6.07) is 3.20. The van der Waals surface area contributed by atoms with Crippen molar-refractivity contribution in [3.63, 3.8) is 0 Å². The number of nitriles is 1. The van der Waals surface area contributed by atoms with Crippen molar-refractivity contribution in [1.29, 1.82) is 5.26 Å². The molecule has 1 aromatic heterocycles. The van der Waals surface area contributed by atoms with Gasteiger partial charge in [0.05, 0.1) is 12.5 Å². The maximum atomic E-state index is 12.3. The van der Waals surface area contributed by atoms with Crippen LogP contribution in [0.1, 0.15) is 18.5 Å². The molecule has 0 unspecified atom stereocenters. The zero-order valence-electron chi connectivity index (χ0n) is 8.19. The Kier molecular flexibility index (Phi) is 3.92. The van der Waals surface area contributed by atoms with Crippen LogP contribution < -0.4 is 4.90 Å². The van der Waals surface area contributed by atoms with Gasteiger partial charge in [-0.15, -0.1) is 0 Å². The molecule has 0 aromatic carbocycles. The average Bonchev–Trinajstić information content (AvgIpc) is 2.26. The van der Waals surface area contributed by atoms with Gasteiger partial charge in [0, 0.05) is 19.7 Å². The Hall–Kier alpha value is -1.77. The van der Waals surface area contributed by atoms with E-state index in [4.69, 9.17) is 5.26 Å². The second-order valence-corrected chi connectivity index (χ2v) is 2.93. The molecule has 0 spiro atoms. The van der Waals surface area contributed by atoms with Crippen LogP contribution in [0.4, 0.5) is 14.6 Å². The summed E-state index contributed by atoms with van der Waals surface area (Å²) in [5, 5.41) is 8.38. The molecule has 0 aliphatic carbocycles. The minimum atomic E-state index is -2.60. The van der Waals surface area contributed by atoms with Crippen molar-refractivity contribution in [2.45, 2.75) is 12.8 Å². The van der Waals surface area contributed by atoms with E-state index < -0.39 is 6.43 Å². The summed E-state index contributed by atoms with van der Waals surface area (Å²) in [6.07, 6.45) is -1.18. The van der Waals surface area contributed by atoms with Gasteiger partial charge in [0.2, 0.25) is 0 Å². The summed E-state index contributed by atoms with van der Waals surface area (Å²) >= 11 is 0. The molecule has 1 rings (SSSR count). The quantitative estimate of drug-likeness (QED) is 0.763. The summed E-state index contributed by atoms with van der Waals surface area (Å²) in [6.45, 7) is 0.455. The fraction of sp³-hybridized carbons (Fsp3) is 0.444. The molecule has 1 aromatic rings. The second-order valence-electron chi connectivity index (χ2n) is 2.93. The van der Waals surface area contributed by atoms with Crippen LogP contribution in [-0.2, 0) is 0 Å². The predicted octanol–water partition coefficient (Wildman–Crippen LogP) is 1.76. The van der Waals surface area contributed by atoms with Crippen molar-refractivity contribution in [3.05, 3.63) is 18.1 Å². The summed E-state index contributed by atoms with van der Waals surface area (Å²) in [5.74, 6) is 0.399. The number of alkyl halides is 2. The lowest BCUT2D eigenvalue weighted by atomic mass is 10.3. The highest BCUT2D eigenvalue weighted by atomic mass is 19.3. The number of anilines is 1. The maximum Gasteiger partial charge on any atom is 0.280 e. The van der Waals surface area contributed by atoms with Crippen LogP contribution in [0.3, 0.4) is 0 Å². The van der Waals surface area contributed by atoms with Crippen LogP contribution in [0, 0.1) is 11.3 Å². The molecule has 0 fully saturated rings. The molecule has 15 heavy (non-hydrogen) atoms. The number of nitrogens with zero attached hydrogens (tertiary/aromatic N) is 4. The third-order valence-electron chi connectivity index (χ3n) is 1.85. The van der Waals surface area contributed by atoms with Gasteiger partial charge in [-0.05, 0) is 0 Å². The van der Waals surface area contributed by atoms with Crippen LogP contribution in [-0.4, -0.2) is 23.6 Å². The van der Waals surface area contributed by atoms with Crippen molar-refractivity contribution in [3.8, 4) is 6.07 Å². The lowest BCUT2D eigenvalue weighted by Crippen LogP contribution is -2.19. The van der Waals surface area contributed by atoms with Crippen molar-refractivity contribution >= 4 is 5.82 Å². The van der Waals surface area contributed by atoms with Gasteiger partial charge >= 0.3 is 0 Å². The van der Waals surface area contributed by atoms with Gasteiger partial charge in [-0.2, -0.15) is 5.26 Å². The van der Waals surface area contributed by atoms with Gasteiger partial charge in [-0.1, -0.05) is 0 Å². The molecule has 0 atom stereocenters. The highest BCUT2D eigenvalue weighted by Crippen LogP contribution is 2.19. The fourth-order valence-electron chi connectivity index (χ4n) is 1.02. The van der Waals surface area contributed by atoms with Crippen molar-refractivity contribution in [2.75, 3.05) is 18.5 Å². The Balaban J connectivity index is 2.77. The molecule has 6 heteroatoms. The van der Waals surface area contributed by atoms with Gasteiger partial charge in [0.1, 0.15) is 17.8 Å². The standard InChI is InChI=1S/C9H10F2N4/c1-15(4-2-3-12)8-5-7(9(10)11)13-6-14-8/h5-6,9H,2,4H2,1H3. The molecule has 0 amide bonds. The Morgan fingerprint density at radius 2 is 2.27 bits per heavy atom. The molecule has 80 valence electrons. The van der Waals surface area contributed by atoms with Crippen molar-refractivity contribution in [1.82, 2.24) is 9.97 Å². The molecule has 0 N–H and O–H groups in total. The lowest BCUT2D eigenvalue weighted by Gasteiger charge is -2.16. The third-order valence-corrected chi connectivity index (χ3v) is 1.85. The molecule has 0 bridgehead atoms. The highest BCUT2D eigenvalue weighted by molar-refractivity contribution is 5.38. The molecule has 0 saturated carbocycles. The third kappa shape index (κ3) is 3.13. The normalized spacial score (nSPS) is 10.1. The lowest BCUT2D eigenvalue weighted by molar-refractivity contribution is 0.146. The van der Waals surface area contributed by atoms with Gasteiger partial charge in [0.15, 0.2) is 0 Å². The zero-order valence-corrected chi connectivity index (χ0v) is 8.19. The number of rotatable bonds is 4. The van der Waals surface area contributed by atoms with Gasteiger partial charge in [0.25, 0.3) is 6.43 Å². The summed E-state index contributed by atoms with van der Waals surface area (Å²) < 4.78 is 24.6. The van der Waals surface area contributed by atoms with E-state index in [2.05, 4.69) is 9.97 Å². The minimum absolute atomic E-state index is 0.302. The van der Waals surface area contributed by atoms with E-state index >= 15 is 0 Å². The van der Waals surface area contributed by atoms with E-state index in [1.807, 2.05) is 6.07 Å². The first-order valence-electron chi connectivity index (χ1n) is 4.33. The highest BCUT2D eigenvalue weighted by Gasteiger charge is 2.11. The Morgan fingerprint density at radius 3 is 2.87 bits per heavy atom. The topological polar surface area (TPSA) is 52.8 Å². The van der Waals surface area contributed by atoms with E-state index in [0.717, 1.165) is 6.33 Å². The summed E-state index contributed by atoms with van der Waals surface area (Å²) in [4.78, 5) is 8.93. The largest absolute Gasteiger partial charge is 0.359 e. The number of hydrogen-bond donors (Lipinski definition) is 0. The number of aromatic nitrogens is 2. The molecule has 0 saturated heterocycles. The fourth-order valence-corrected chi connectivity index (χ4v) is 1.02. The molecule has 1 heterocycles. The van der Waals surface area contributed by atoms with E-state index in [1.54, 1.807) is 11.9 Å². The van der Waals surface area contributed by atoms with E-state index in [1.165, 1.54) is 6.07 Å². The van der Waals surface area contributed by atoms with Crippen molar-refractivity contribution < 1.29 is 8.78 Å². The van der Waals surface area contributed by atoms with Crippen LogP contribution in [0.25, 0.3) is 0 Å². The minimum Gasteiger partial charge on any atom is -0.359 e. The molecule has 0 radical (unpaired) electrons. The van der Waals surface area contributed by atoms with Gasteiger partial charge < -0.3 is 4.90 Å². The first kappa shape index (κ1) is 11.3.